The number of ether oxygens (including phenoxy) is 1. The minimum Gasteiger partial charge on any atom is -0.495 e. The van der Waals surface area contributed by atoms with Gasteiger partial charge < -0.3 is 9.30 Å². The zero-order valence-electron chi connectivity index (χ0n) is 8.40. The molecule has 0 radical (unpaired) electrons. The summed E-state index contributed by atoms with van der Waals surface area (Å²) in [4.78, 5) is 0. The number of nitrogens with zero attached hydrogens (tertiary/aromatic N) is 1. The molecule has 0 N–H and O–H groups in total. The van der Waals surface area contributed by atoms with Gasteiger partial charge in [0, 0.05) is 11.9 Å². The standard InChI is InChI=1S/C12H13NO/c1-10-12(14-2)8-9-13(10)11-6-4-3-5-7-11/h3-9H,1-2H3. The molecule has 0 spiro atoms. The largest absolute Gasteiger partial charge is 0.495 e. The third-order valence-electron chi connectivity index (χ3n) is 2.35. The molecule has 0 unspecified atom stereocenters. The molecular formula is C12H13NO. The number of benzene rings is 1. The van der Waals surface area contributed by atoms with Crippen molar-refractivity contribution in [2.75, 3.05) is 7.11 Å². The van der Waals surface area contributed by atoms with Gasteiger partial charge in [0.15, 0.2) is 0 Å². The van der Waals surface area contributed by atoms with E-state index in [-0.39, 0.29) is 0 Å². The summed E-state index contributed by atoms with van der Waals surface area (Å²) in [7, 11) is 1.69. The van der Waals surface area contributed by atoms with Gasteiger partial charge in [-0.05, 0) is 25.1 Å². The van der Waals surface area contributed by atoms with Crippen molar-refractivity contribution in [2.24, 2.45) is 0 Å². The van der Waals surface area contributed by atoms with Crippen LogP contribution in [0.2, 0.25) is 0 Å². The maximum atomic E-state index is 5.23. The normalized spacial score (nSPS) is 10.1. The molecule has 0 atom stereocenters. The quantitative estimate of drug-likeness (QED) is 0.705. The topological polar surface area (TPSA) is 14.2 Å². The van der Waals surface area contributed by atoms with Crippen LogP contribution in [0.4, 0.5) is 0 Å². The summed E-state index contributed by atoms with van der Waals surface area (Å²) < 4.78 is 7.34. The molecular weight excluding hydrogens is 174 g/mol. The van der Waals surface area contributed by atoms with E-state index < -0.39 is 0 Å². The van der Waals surface area contributed by atoms with Gasteiger partial charge in [0.05, 0.1) is 12.8 Å². The van der Waals surface area contributed by atoms with Gasteiger partial charge in [0.1, 0.15) is 5.75 Å². The van der Waals surface area contributed by atoms with Crippen LogP contribution in [0.5, 0.6) is 5.75 Å². The van der Waals surface area contributed by atoms with Crippen LogP contribution in [0.15, 0.2) is 42.6 Å². The molecule has 14 heavy (non-hydrogen) atoms. The lowest BCUT2D eigenvalue weighted by Gasteiger charge is -2.06. The van der Waals surface area contributed by atoms with E-state index in [1.165, 1.54) is 0 Å². The fraction of sp³-hybridized carbons (Fsp3) is 0.167. The third-order valence-corrected chi connectivity index (χ3v) is 2.35. The average molecular weight is 187 g/mol. The molecule has 0 saturated carbocycles. The van der Waals surface area contributed by atoms with Gasteiger partial charge in [-0.15, -0.1) is 0 Å². The highest BCUT2D eigenvalue weighted by atomic mass is 16.5. The first-order chi connectivity index (χ1) is 6.83. The van der Waals surface area contributed by atoms with Crippen molar-refractivity contribution in [3.8, 4) is 11.4 Å². The summed E-state index contributed by atoms with van der Waals surface area (Å²) >= 11 is 0. The van der Waals surface area contributed by atoms with Crippen molar-refractivity contribution >= 4 is 0 Å². The fourth-order valence-electron chi connectivity index (χ4n) is 1.58. The predicted molar refractivity (Wildman–Crippen MR) is 57.1 cm³/mol. The van der Waals surface area contributed by atoms with E-state index in [2.05, 4.69) is 16.7 Å². The minimum atomic E-state index is 0.925. The third kappa shape index (κ3) is 1.39. The molecule has 1 aromatic carbocycles. The number of hydrogen-bond donors (Lipinski definition) is 0. The second-order valence-corrected chi connectivity index (χ2v) is 3.18. The first kappa shape index (κ1) is 8.88. The Bertz CT molecular complexity index is 417. The summed E-state index contributed by atoms with van der Waals surface area (Å²) in [6.45, 7) is 2.05. The lowest BCUT2D eigenvalue weighted by molar-refractivity contribution is 0.411. The molecule has 1 aromatic heterocycles. The van der Waals surface area contributed by atoms with E-state index in [0.29, 0.717) is 0 Å². The zero-order valence-corrected chi connectivity index (χ0v) is 8.40. The maximum Gasteiger partial charge on any atom is 0.139 e. The number of para-hydroxylation sites is 1. The van der Waals surface area contributed by atoms with Gasteiger partial charge in [-0.2, -0.15) is 0 Å². The van der Waals surface area contributed by atoms with Crippen molar-refractivity contribution in [1.29, 1.82) is 0 Å². The highest BCUT2D eigenvalue weighted by Crippen LogP contribution is 2.21. The number of rotatable bonds is 2. The van der Waals surface area contributed by atoms with E-state index in [1.54, 1.807) is 7.11 Å². The molecule has 0 amide bonds. The Morgan fingerprint density at radius 1 is 1.07 bits per heavy atom. The Morgan fingerprint density at radius 2 is 1.79 bits per heavy atom. The Kier molecular flexibility index (Phi) is 2.27. The Labute approximate surface area is 83.8 Å². The van der Waals surface area contributed by atoms with Crippen LogP contribution in [0, 0.1) is 6.92 Å². The van der Waals surface area contributed by atoms with E-state index in [9.17, 15) is 0 Å². The van der Waals surface area contributed by atoms with Crippen LogP contribution >= 0.6 is 0 Å². The molecule has 72 valence electrons. The maximum absolute atomic E-state index is 5.23. The molecule has 2 aromatic rings. The van der Waals surface area contributed by atoms with Gasteiger partial charge in [0.2, 0.25) is 0 Å². The summed E-state index contributed by atoms with van der Waals surface area (Å²) in [6, 6.07) is 12.2. The summed E-state index contributed by atoms with van der Waals surface area (Å²) in [5.74, 6) is 0.925. The van der Waals surface area contributed by atoms with Crippen molar-refractivity contribution in [3.63, 3.8) is 0 Å². The Morgan fingerprint density at radius 3 is 2.36 bits per heavy atom. The van der Waals surface area contributed by atoms with Crippen molar-refractivity contribution < 1.29 is 4.74 Å². The summed E-state index contributed by atoms with van der Waals surface area (Å²) in [6.07, 6.45) is 2.02. The van der Waals surface area contributed by atoms with E-state index in [0.717, 1.165) is 17.1 Å². The van der Waals surface area contributed by atoms with Crippen molar-refractivity contribution in [3.05, 3.63) is 48.3 Å². The molecule has 0 aliphatic carbocycles. The second kappa shape index (κ2) is 3.58. The lowest BCUT2D eigenvalue weighted by atomic mass is 10.3. The van der Waals surface area contributed by atoms with Gasteiger partial charge in [-0.1, -0.05) is 18.2 Å². The lowest BCUT2D eigenvalue weighted by Crippen LogP contribution is -1.94. The zero-order chi connectivity index (χ0) is 9.97. The van der Waals surface area contributed by atoms with Crippen LogP contribution in [0.1, 0.15) is 5.69 Å². The van der Waals surface area contributed by atoms with Crippen LogP contribution in [-0.4, -0.2) is 11.7 Å². The summed E-state index contributed by atoms with van der Waals surface area (Å²) in [5, 5.41) is 0. The monoisotopic (exact) mass is 187 g/mol. The highest BCUT2D eigenvalue weighted by Gasteiger charge is 2.04. The fourth-order valence-corrected chi connectivity index (χ4v) is 1.58. The molecule has 1 heterocycles. The van der Waals surface area contributed by atoms with Gasteiger partial charge in [-0.25, -0.2) is 0 Å². The van der Waals surface area contributed by atoms with Crippen LogP contribution < -0.4 is 4.74 Å². The molecule has 0 aliphatic rings. The SMILES string of the molecule is COc1ccn(-c2ccccc2)c1C. The highest BCUT2D eigenvalue weighted by molar-refractivity contribution is 5.40. The van der Waals surface area contributed by atoms with Gasteiger partial charge >= 0.3 is 0 Å². The predicted octanol–water partition coefficient (Wildman–Crippen LogP) is 2.79. The molecule has 2 nitrogen and oxygen atoms in total. The molecule has 0 fully saturated rings. The van der Waals surface area contributed by atoms with Crippen LogP contribution in [0.25, 0.3) is 5.69 Å². The Hall–Kier alpha value is -1.70. The number of aromatic nitrogens is 1. The second-order valence-electron chi connectivity index (χ2n) is 3.18. The molecule has 2 heteroatoms. The smallest absolute Gasteiger partial charge is 0.139 e. The molecule has 0 bridgehead atoms. The minimum absolute atomic E-state index is 0.925. The Balaban J connectivity index is 2.48. The summed E-state index contributed by atoms with van der Waals surface area (Å²) in [5.41, 5.74) is 2.28. The molecule has 0 saturated heterocycles. The number of hydrogen-bond acceptors (Lipinski definition) is 1. The van der Waals surface area contributed by atoms with Crippen molar-refractivity contribution in [1.82, 2.24) is 4.57 Å². The number of methoxy groups -OCH3 is 1. The van der Waals surface area contributed by atoms with Crippen LogP contribution in [-0.2, 0) is 0 Å². The van der Waals surface area contributed by atoms with E-state index >= 15 is 0 Å². The first-order valence-corrected chi connectivity index (χ1v) is 4.60. The average Bonchev–Trinajstić information content (AvgIpc) is 2.61. The van der Waals surface area contributed by atoms with Gasteiger partial charge in [0.25, 0.3) is 0 Å². The van der Waals surface area contributed by atoms with Crippen molar-refractivity contribution in [2.45, 2.75) is 6.92 Å². The first-order valence-electron chi connectivity index (χ1n) is 4.60. The molecule has 0 aliphatic heterocycles. The van der Waals surface area contributed by atoms with E-state index in [1.807, 2.05) is 37.4 Å². The van der Waals surface area contributed by atoms with Gasteiger partial charge in [-0.3, -0.25) is 0 Å². The molecule has 2 rings (SSSR count). The van der Waals surface area contributed by atoms with Crippen LogP contribution in [0.3, 0.4) is 0 Å². The van der Waals surface area contributed by atoms with E-state index in [4.69, 9.17) is 4.74 Å².